The lowest BCUT2D eigenvalue weighted by Crippen LogP contribution is -2.60. The number of pyridine rings is 1. The van der Waals surface area contributed by atoms with Gasteiger partial charge in [-0.2, -0.15) is 5.26 Å². The Morgan fingerprint density at radius 2 is 2.00 bits per heavy atom. The average molecular weight is 494 g/mol. The number of hydrogen-bond acceptors (Lipinski definition) is 8. The average Bonchev–Trinajstić information content (AvgIpc) is 2.77. The lowest BCUT2D eigenvalue weighted by atomic mass is 10.0. The Kier molecular flexibility index (Phi) is 6.45. The second-order valence-corrected chi connectivity index (χ2v) is 9.01. The number of aromatic nitrogens is 3. The summed E-state index contributed by atoms with van der Waals surface area (Å²) < 4.78 is 0. The second kappa shape index (κ2) is 9.35. The second-order valence-electron chi connectivity index (χ2n) is 8.62. The predicted octanol–water partition coefficient (Wildman–Crippen LogP) is 3.40. The van der Waals surface area contributed by atoms with Crippen LogP contribution >= 0.6 is 11.6 Å². The lowest BCUT2D eigenvalue weighted by molar-refractivity contribution is -0.130. The fourth-order valence-electron chi connectivity index (χ4n) is 4.11. The smallest absolute Gasteiger partial charge is 0.356 e. The molecule has 35 heavy (non-hydrogen) atoms. The molecule has 4 rings (SSSR count). The van der Waals surface area contributed by atoms with Gasteiger partial charge in [0, 0.05) is 32.6 Å². The van der Waals surface area contributed by atoms with Crippen molar-refractivity contribution in [2.45, 2.75) is 32.9 Å². The van der Waals surface area contributed by atoms with E-state index < -0.39 is 5.97 Å². The highest BCUT2D eigenvalue weighted by molar-refractivity contribution is 6.29. The van der Waals surface area contributed by atoms with Gasteiger partial charge in [0.25, 0.3) is 0 Å². The number of rotatable bonds is 6. The summed E-state index contributed by atoms with van der Waals surface area (Å²) in [4.78, 5) is 40.3. The minimum Gasteiger partial charge on any atom is -0.476 e. The van der Waals surface area contributed by atoms with Crippen LogP contribution in [0.2, 0.25) is 5.15 Å². The molecule has 1 fully saturated rings. The number of carbonyl (C=O) groups excluding carboxylic acids is 1. The van der Waals surface area contributed by atoms with Crippen LogP contribution in [-0.4, -0.2) is 63.0 Å². The van der Waals surface area contributed by atoms with E-state index in [9.17, 15) is 20.0 Å². The Hall–Kier alpha value is -3.97. The van der Waals surface area contributed by atoms with Crippen LogP contribution in [0.1, 0.15) is 47.2 Å². The van der Waals surface area contributed by atoms with Crippen LogP contribution in [0, 0.1) is 18.3 Å². The molecule has 2 aromatic heterocycles. The van der Waals surface area contributed by atoms with E-state index in [0.717, 1.165) is 11.1 Å². The van der Waals surface area contributed by atoms with Gasteiger partial charge in [0.2, 0.25) is 5.91 Å². The summed E-state index contributed by atoms with van der Waals surface area (Å²) in [6, 6.07) is 8.73. The van der Waals surface area contributed by atoms with Gasteiger partial charge in [0.15, 0.2) is 17.2 Å². The number of hydrogen-bond donors (Lipinski definition) is 2. The van der Waals surface area contributed by atoms with Crippen molar-refractivity contribution < 1.29 is 14.7 Å². The van der Waals surface area contributed by atoms with Gasteiger partial charge in [0.1, 0.15) is 11.2 Å². The molecule has 0 spiro atoms. The van der Waals surface area contributed by atoms with Gasteiger partial charge in [-0.05, 0) is 37.6 Å². The molecule has 11 heteroatoms. The van der Waals surface area contributed by atoms with Gasteiger partial charge in [-0.3, -0.25) is 4.79 Å². The van der Waals surface area contributed by atoms with E-state index in [2.05, 4.69) is 21.4 Å². The lowest BCUT2D eigenvalue weighted by Gasteiger charge is -2.44. The van der Waals surface area contributed by atoms with Crippen molar-refractivity contribution in [2.75, 3.05) is 30.4 Å². The van der Waals surface area contributed by atoms with E-state index in [1.54, 1.807) is 18.0 Å². The van der Waals surface area contributed by atoms with Gasteiger partial charge >= 0.3 is 5.97 Å². The number of benzene rings is 1. The zero-order valence-corrected chi connectivity index (χ0v) is 20.5. The number of likely N-dealkylation sites (N-methyl/N-ethyl adjacent to an activating group) is 1. The summed E-state index contributed by atoms with van der Waals surface area (Å²) in [6.45, 7) is 6.43. The van der Waals surface area contributed by atoms with Crippen LogP contribution in [0.3, 0.4) is 0 Å². The van der Waals surface area contributed by atoms with Crippen LogP contribution in [0.4, 0.5) is 11.5 Å². The first-order valence-electron chi connectivity index (χ1n) is 11.0. The van der Waals surface area contributed by atoms with E-state index in [1.807, 2.05) is 30.9 Å². The van der Waals surface area contributed by atoms with Crippen molar-refractivity contribution in [1.82, 2.24) is 19.9 Å². The molecule has 0 bridgehead atoms. The number of anilines is 2. The summed E-state index contributed by atoms with van der Waals surface area (Å²) in [7, 11) is 1.76. The molecule has 1 amide bonds. The maximum Gasteiger partial charge on any atom is 0.356 e. The number of aryl methyl sites for hydroxylation is 1. The van der Waals surface area contributed by atoms with Gasteiger partial charge < -0.3 is 20.2 Å². The number of nitrogens with zero attached hydrogens (tertiary/aromatic N) is 6. The first-order chi connectivity index (χ1) is 16.6. The normalized spacial score (nSPS) is 14.2. The molecule has 180 valence electrons. The largest absolute Gasteiger partial charge is 0.476 e. The predicted molar refractivity (Wildman–Crippen MR) is 132 cm³/mol. The number of nitriles is 1. The summed E-state index contributed by atoms with van der Waals surface area (Å²) in [5.41, 5.74) is 3.25. The van der Waals surface area contributed by atoms with Crippen molar-refractivity contribution in [3.8, 4) is 6.07 Å². The topological polar surface area (TPSA) is 135 Å². The molecule has 2 N–H and O–H groups in total. The Balaban J connectivity index is 1.72. The van der Waals surface area contributed by atoms with E-state index >= 15 is 0 Å². The molecule has 1 saturated heterocycles. The maximum atomic E-state index is 11.7. The number of halogens is 1. The van der Waals surface area contributed by atoms with Crippen molar-refractivity contribution >= 4 is 46.0 Å². The van der Waals surface area contributed by atoms with E-state index in [0.29, 0.717) is 35.6 Å². The minimum atomic E-state index is -1.19. The van der Waals surface area contributed by atoms with E-state index in [-0.39, 0.29) is 34.5 Å². The molecule has 3 aromatic rings. The number of carboxylic acids is 1. The summed E-state index contributed by atoms with van der Waals surface area (Å²) in [5.74, 6) is -0.750. The zero-order chi connectivity index (χ0) is 25.4. The molecule has 0 radical (unpaired) electrons. The molecule has 0 aliphatic carbocycles. The first kappa shape index (κ1) is 24.2. The SMILES string of the molecule is CC(=O)N(C)C1CN(c2nc3c([C@@H](C)Nc4ccc(Cl)nc4C(=O)O)cc(C)cc3nc2C#N)C1. The summed E-state index contributed by atoms with van der Waals surface area (Å²) in [5, 5.41) is 22.5. The van der Waals surface area contributed by atoms with E-state index in [4.69, 9.17) is 16.6 Å². The van der Waals surface area contributed by atoms with E-state index in [1.165, 1.54) is 13.0 Å². The van der Waals surface area contributed by atoms with Crippen LogP contribution in [0.15, 0.2) is 24.3 Å². The van der Waals surface area contributed by atoms with Gasteiger partial charge in [-0.25, -0.2) is 19.7 Å². The summed E-state index contributed by atoms with van der Waals surface area (Å²) in [6.07, 6.45) is 0. The molecular weight excluding hydrogens is 470 g/mol. The molecule has 1 aromatic carbocycles. The molecule has 10 nitrogen and oxygen atoms in total. The van der Waals surface area contributed by atoms with Crippen molar-refractivity contribution in [3.05, 3.63) is 51.9 Å². The highest BCUT2D eigenvalue weighted by atomic mass is 35.5. The first-order valence-corrected chi connectivity index (χ1v) is 11.3. The molecule has 1 aliphatic rings. The Bertz CT molecular complexity index is 1380. The maximum absolute atomic E-state index is 11.7. The minimum absolute atomic E-state index is 0.0187. The number of carbonyl (C=O) groups is 2. The van der Waals surface area contributed by atoms with Gasteiger partial charge in [-0.15, -0.1) is 0 Å². The number of amides is 1. The highest BCUT2D eigenvalue weighted by Gasteiger charge is 2.34. The third-order valence-electron chi connectivity index (χ3n) is 6.14. The van der Waals surface area contributed by atoms with Crippen LogP contribution < -0.4 is 10.2 Å². The quantitative estimate of drug-likeness (QED) is 0.495. The van der Waals surface area contributed by atoms with Gasteiger partial charge in [-0.1, -0.05) is 17.7 Å². The fraction of sp³-hybridized carbons (Fsp3) is 0.333. The fourth-order valence-corrected chi connectivity index (χ4v) is 4.25. The standard InChI is InChI=1S/C24H24ClN7O3/c1-12-7-16(13(2)27-17-5-6-20(25)29-22(17)24(34)35)21-18(8-12)28-19(9-26)23(30-21)32-10-15(11-32)31(4)14(3)33/h5-8,13,15,27H,10-11H2,1-4H3,(H,34,35)/t13-/m1/s1. The highest BCUT2D eigenvalue weighted by Crippen LogP contribution is 2.32. The third kappa shape index (κ3) is 4.68. The molecule has 1 aliphatic heterocycles. The molecule has 0 unspecified atom stereocenters. The van der Waals surface area contributed by atoms with Crippen LogP contribution in [0.25, 0.3) is 11.0 Å². The van der Waals surface area contributed by atoms with Crippen LogP contribution in [-0.2, 0) is 4.79 Å². The van der Waals surface area contributed by atoms with Crippen molar-refractivity contribution in [1.29, 1.82) is 5.26 Å². The zero-order valence-electron chi connectivity index (χ0n) is 19.7. The molecular formula is C24H24ClN7O3. The third-order valence-corrected chi connectivity index (χ3v) is 6.35. The summed E-state index contributed by atoms with van der Waals surface area (Å²) >= 11 is 5.88. The van der Waals surface area contributed by atoms with Crippen molar-refractivity contribution in [2.24, 2.45) is 0 Å². The van der Waals surface area contributed by atoms with Crippen molar-refractivity contribution in [3.63, 3.8) is 0 Å². The number of nitrogens with one attached hydrogen (secondary N) is 1. The Morgan fingerprint density at radius 3 is 2.63 bits per heavy atom. The van der Waals surface area contributed by atoms with Crippen LogP contribution in [0.5, 0.6) is 0 Å². The Labute approximate surface area is 207 Å². The molecule has 1 atom stereocenters. The number of aromatic carboxylic acids is 1. The Morgan fingerprint density at radius 1 is 1.29 bits per heavy atom. The number of carboxylic acid groups (broad SMARTS) is 1. The monoisotopic (exact) mass is 493 g/mol. The number of fused-ring (bicyclic) bond motifs is 1. The molecule has 0 saturated carbocycles. The van der Waals surface area contributed by atoms with Gasteiger partial charge in [0.05, 0.1) is 28.8 Å². The molecule has 3 heterocycles.